The quantitative estimate of drug-likeness (QED) is 0.557. The lowest BCUT2D eigenvalue weighted by Gasteiger charge is -2.12. The maximum atomic E-state index is 12.5. The zero-order chi connectivity index (χ0) is 20.1. The number of nitrogens with zero attached hydrogens (tertiary/aromatic N) is 2. The van der Waals surface area contributed by atoms with Crippen LogP contribution < -0.4 is 14.8 Å². The van der Waals surface area contributed by atoms with Crippen LogP contribution in [-0.2, 0) is 6.73 Å². The average Bonchev–Trinajstić information content (AvgIpc) is 3.12. The Morgan fingerprint density at radius 1 is 1.21 bits per heavy atom. The molecule has 2 aromatic carbocycles. The van der Waals surface area contributed by atoms with Crippen LogP contribution in [-0.4, -0.2) is 22.3 Å². The van der Waals surface area contributed by atoms with E-state index in [0.29, 0.717) is 5.75 Å². The maximum Gasteiger partial charge on any atom is 0.387 e. The number of ether oxygens (including phenoxy) is 2. The maximum absolute atomic E-state index is 12.5. The number of rotatable bonds is 7. The van der Waals surface area contributed by atoms with Gasteiger partial charge in [0.2, 0.25) is 0 Å². The minimum atomic E-state index is -2.99. The average molecular weight is 452 g/mol. The summed E-state index contributed by atoms with van der Waals surface area (Å²) in [5.74, 6) is -0.0164. The van der Waals surface area contributed by atoms with Crippen LogP contribution in [0.2, 0.25) is 0 Å². The van der Waals surface area contributed by atoms with Crippen molar-refractivity contribution in [1.82, 2.24) is 9.78 Å². The molecule has 0 aliphatic carbocycles. The lowest BCUT2D eigenvalue weighted by Crippen LogP contribution is -2.15. The minimum absolute atomic E-state index is 0.110. The number of aryl methyl sites for hydroxylation is 1. The highest BCUT2D eigenvalue weighted by Crippen LogP contribution is 2.27. The van der Waals surface area contributed by atoms with Crippen molar-refractivity contribution in [3.05, 3.63) is 70.5 Å². The molecule has 1 heterocycles. The van der Waals surface area contributed by atoms with Crippen LogP contribution in [0.4, 0.5) is 14.5 Å². The molecule has 0 bridgehead atoms. The number of hydrogen-bond donors (Lipinski definition) is 1. The summed E-state index contributed by atoms with van der Waals surface area (Å²) in [6.07, 6.45) is 1.58. The number of anilines is 1. The van der Waals surface area contributed by atoms with Crippen molar-refractivity contribution in [2.75, 3.05) is 5.32 Å². The zero-order valence-corrected chi connectivity index (χ0v) is 16.3. The van der Waals surface area contributed by atoms with Gasteiger partial charge in [-0.3, -0.25) is 4.79 Å². The van der Waals surface area contributed by atoms with Gasteiger partial charge in [-0.15, -0.1) is 0 Å². The van der Waals surface area contributed by atoms with Crippen molar-refractivity contribution >= 4 is 27.5 Å². The van der Waals surface area contributed by atoms with Crippen LogP contribution in [0.1, 0.15) is 16.1 Å². The number of carbonyl (C=O) groups excluding carboxylic acids is 1. The highest BCUT2D eigenvalue weighted by atomic mass is 79.9. The molecule has 0 radical (unpaired) electrons. The summed E-state index contributed by atoms with van der Waals surface area (Å²) in [5, 5.41) is 6.68. The third-order valence-electron chi connectivity index (χ3n) is 3.65. The van der Waals surface area contributed by atoms with E-state index < -0.39 is 12.5 Å². The molecule has 1 aromatic heterocycles. The van der Waals surface area contributed by atoms with E-state index in [9.17, 15) is 13.6 Å². The van der Waals surface area contributed by atoms with E-state index in [4.69, 9.17) is 4.74 Å². The standard InChI is InChI=1S/C19H16BrF2N3O3/c1-12-2-7-17(28-19(21)22)16(10-12)23-18(26)15-8-9-25(24-15)11-27-14-5-3-13(20)4-6-14/h2-10,19H,11H2,1H3,(H,23,26). The molecule has 0 saturated carbocycles. The second-order valence-corrected chi connectivity index (χ2v) is 6.72. The van der Waals surface area contributed by atoms with E-state index in [1.54, 1.807) is 37.4 Å². The summed E-state index contributed by atoms with van der Waals surface area (Å²) < 4.78 is 37.5. The molecule has 3 rings (SSSR count). The fourth-order valence-corrected chi connectivity index (χ4v) is 2.62. The first-order valence-electron chi connectivity index (χ1n) is 8.19. The van der Waals surface area contributed by atoms with Crippen molar-refractivity contribution in [2.24, 2.45) is 0 Å². The number of hydrogen-bond acceptors (Lipinski definition) is 4. The van der Waals surface area contributed by atoms with Gasteiger partial charge in [-0.05, 0) is 55.0 Å². The highest BCUT2D eigenvalue weighted by molar-refractivity contribution is 9.10. The molecular weight excluding hydrogens is 436 g/mol. The monoisotopic (exact) mass is 451 g/mol. The number of halogens is 3. The van der Waals surface area contributed by atoms with Crippen molar-refractivity contribution in [3.8, 4) is 11.5 Å². The number of carbonyl (C=O) groups is 1. The molecule has 0 unspecified atom stereocenters. The third-order valence-corrected chi connectivity index (χ3v) is 4.18. The van der Waals surface area contributed by atoms with Crippen LogP contribution in [0.15, 0.2) is 59.2 Å². The van der Waals surface area contributed by atoms with Crippen molar-refractivity contribution in [3.63, 3.8) is 0 Å². The van der Waals surface area contributed by atoms with Crippen LogP contribution in [0.25, 0.3) is 0 Å². The Hall–Kier alpha value is -2.94. The molecule has 1 amide bonds. The summed E-state index contributed by atoms with van der Waals surface area (Å²) in [6.45, 7) is -1.11. The van der Waals surface area contributed by atoms with Gasteiger partial charge in [0.05, 0.1) is 5.69 Å². The summed E-state index contributed by atoms with van der Waals surface area (Å²) in [5.41, 5.74) is 1.04. The van der Waals surface area contributed by atoms with E-state index >= 15 is 0 Å². The molecule has 9 heteroatoms. The van der Waals surface area contributed by atoms with Gasteiger partial charge in [-0.25, -0.2) is 4.68 Å². The zero-order valence-electron chi connectivity index (χ0n) is 14.7. The van der Waals surface area contributed by atoms with Crippen molar-refractivity contribution in [1.29, 1.82) is 0 Å². The molecule has 28 heavy (non-hydrogen) atoms. The number of benzene rings is 2. The molecule has 0 fully saturated rings. The third kappa shape index (κ3) is 5.29. The molecule has 0 saturated heterocycles. The van der Waals surface area contributed by atoms with Gasteiger partial charge in [0.25, 0.3) is 5.91 Å². The summed E-state index contributed by atoms with van der Waals surface area (Å²) in [7, 11) is 0. The van der Waals surface area contributed by atoms with Gasteiger partial charge >= 0.3 is 6.61 Å². The largest absolute Gasteiger partial charge is 0.471 e. The fourth-order valence-electron chi connectivity index (χ4n) is 2.35. The molecule has 0 atom stereocenters. The smallest absolute Gasteiger partial charge is 0.387 e. The lowest BCUT2D eigenvalue weighted by molar-refractivity contribution is -0.0493. The first-order valence-corrected chi connectivity index (χ1v) is 8.98. The van der Waals surface area contributed by atoms with E-state index in [-0.39, 0.29) is 23.9 Å². The second kappa shape index (κ2) is 8.83. The van der Waals surface area contributed by atoms with Crippen LogP contribution in [0.5, 0.6) is 11.5 Å². The minimum Gasteiger partial charge on any atom is -0.471 e. The van der Waals surface area contributed by atoms with Crippen LogP contribution in [0, 0.1) is 6.92 Å². The van der Waals surface area contributed by atoms with Crippen molar-refractivity contribution in [2.45, 2.75) is 20.3 Å². The van der Waals surface area contributed by atoms with E-state index in [1.807, 2.05) is 12.1 Å². The number of nitrogens with one attached hydrogen (secondary N) is 1. The Kier molecular flexibility index (Phi) is 6.25. The van der Waals surface area contributed by atoms with Crippen LogP contribution >= 0.6 is 15.9 Å². The van der Waals surface area contributed by atoms with Gasteiger partial charge in [-0.1, -0.05) is 22.0 Å². The molecule has 0 spiro atoms. The van der Waals surface area contributed by atoms with Crippen molar-refractivity contribution < 1.29 is 23.0 Å². The number of aromatic nitrogens is 2. The predicted octanol–water partition coefficient (Wildman–Crippen LogP) is 4.84. The first kappa shape index (κ1) is 19.8. The molecule has 0 aliphatic heterocycles. The molecule has 146 valence electrons. The Balaban J connectivity index is 1.66. The molecule has 6 nitrogen and oxygen atoms in total. The fraction of sp³-hybridized carbons (Fsp3) is 0.158. The van der Waals surface area contributed by atoms with Gasteiger partial charge in [0.15, 0.2) is 12.4 Å². The Bertz CT molecular complexity index is 961. The van der Waals surface area contributed by atoms with Crippen LogP contribution in [0.3, 0.4) is 0 Å². The lowest BCUT2D eigenvalue weighted by atomic mass is 10.2. The number of amides is 1. The predicted molar refractivity (Wildman–Crippen MR) is 103 cm³/mol. The molecule has 0 aliphatic rings. The normalized spacial score (nSPS) is 10.8. The Morgan fingerprint density at radius 2 is 1.96 bits per heavy atom. The topological polar surface area (TPSA) is 65.4 Å². The van der Waals surface area contributed by atoms with Gasteiger partial charge in [0, 0.05) is 10.7 Å². The molecular formula is C19H16BrF2N3O3. The summed E-state index contributed by atoms with van der Waals surface area (Å²) >= 11 is 3.34. The number of alkyl halides is 2. The Labute approximate surface area is 168 Å². The van der Waals surface area contributed by atoms with E-state index in [0.717, 1.165) is 10.0 Å². The first-order chi connectivity index (χ1) is 13.4. The second-order valence-electron chi connectivity index (χ2n) is 5.80. The molecule has 3 aromatic rings. The Morgan fingerprint density at radius 3 is 2.68 bits per heavy atom. The van der Waals surface area contributed by atoms with E-state index in [2.05, 4.69) is 31.1 Å². The SMILES string of the molecule is Cc1ccc(OC(F)F)c(NC(=O)c2ccn(COc3ccc(Br)cc3)n2)c1. The molecule has 1 N–H and O–H groups in total. The highest BCUT2D eigenvalue weighted by Gasteiger charge is 2.15. The van der Waals surface area contributed by atoms with Gasteiger partial charge in [0.1, 0.15) is 11.5 Å². The summed E-state index contributed by atoms with van der Waals surface area (Å²) in [4.78, 5) is 12.4. The van der Waals surface area contributed by atoms with E-state index in [1.165, 1.54) is 16.8 Å². The van der Waals surface area contributed by atoms with Gasteiger partial charge < -0.3 is 14.8 Å². The summed E-state index contributed by atoms with van der Waals surface area (Å²) in [6, 6.07) is 13.3. The van der Waals surface area contributed by atoms with Gasteiger partial charge in [-0.2, -0.15) is 13.9 Å².